The summed E-state index contributed by atoms with van der Waals surface area (Å²) in [7, 11) is 0. The number of aromatic nitrogens is 1. The van der Waals surface area contributed by atoms with Crippen LogP contribution in [0.15, 0.2) is 59.0 Å². The van der Waals surface area contributed by atoms with Crippen LogP contribution < -0.4 is 10.2 Å². The molecule has 2 aromatic carbocycles. The Bertz CT molecular complexity index is 1020. The summed E-state index contributed by atoms with van der Waals surface area (Å²) in [5, 5.41) is 3.30. The van der Waals surface area contributed by atoms with Crippen molar-refractivity contribution in [1.29, 1.82) is 0 Å². The molecule has 2 aliphatic heterocycles. The van der Waals surface area contributed by atoms with E-state index in [1.54, 1.807) is 0 Å². The minimum absolute atomic E-state index is 0.0448. The maximum absolute atomic E-state index is 13.1. The van der Waals surface area contributed by atoms with Gasteiger partial charge in [0.15, 0.2) is 5.58 Å². The summed E-state index contributed by atoms with van der Waals surface area (Å²) in [6.45, 7) is 6.78. The van der Waals surface area contributed by atoms with Crippen molar-refractivity contribution in [3.63, 3.8) is 0 Å². The van der Waals surface area contributed by atoms with E-state index in [9.17, 15) is 4.79 Å². The molecule has 1 amide bonds. The number of rotatable bonds is 6. The van der Waals surface area contributed by atoms with Gasteiger partial charge < -0.3 is 14.6 Å². The van der Waals surface area contributed by atoms with Crippen LogP contribution in [0.5, 0.6) is 0 Å². The van der Waals surface area contributed by atoms with Gasteiger partial charge in [0.05, 0.1) is 6.04 Å². The van der Waals surface area contributed by atoms with Gasteiger partial charge in [-0.05, 0) is 62.4 Å². The second-order valence-corrected chi connectivity index (χ2v) is 9.62. The number of nitrogens with one attached hydrogen (secondary N) is 1. The molecule has 0 radical (unpaired) electrons. The summed E-state index contributed by atoms with van der Waals surface area (Å²) < 4.78 is 5.91. The summed E-state index contributed by atoms with van der Waals surface area (Å²) >= 11 is 0. The maximum Gasteiger partial charge on any atom is 0.298 e. The van der Waals surface area contributed by atoms with Gasteiger partial charge in [-0.3, -0.25) is 9.69 Å². The monoisotopic (exact) mass is 446 g/mol. The molecule has 33 heavy (non-hydrogen) atoms. The molecule has 3 heterocycles. The number of piperidine rings is 2. The second-order valence-electron chi connectivity index (χ2n) is 9.62. The molecular weight excluding hydrogens is 412 g/mol. The van der Waals surface area contributed by atoms with Gasteiger partial charge in [0.1, 0.15) is 5.52 Å². The van der Waals surface area contributed by atoms with Crippen LogP contribution >= 0.6 is 0 Å². The topological polar surface area (TPSA) is 61.6 Å². The molecule has 3 aromatic rings. The fraction of sp³-hybridized carbons (Fsp3) is 0.481. The highest BCUT2D eigenvalue weighted by molar-refractivity contribution is 5.79. The van der Waals surface area contributed by atoms with E-state index in [4.69, 9.17) is 4.42 Å². The number of benzene rings is 2. The van der Waals surface area contributed by atoms with Crippen molar-refractivity contribution in [1.82, 2.24) is 15.2 Å². The number of fused-ring (bicyclic) bond motifs is 1. The Morgan fingerprint density at radius 1 is 1.00 bits per heavy atom. The van der Waals surface area contributed by atoms with Gasteiger partial charge in [-0.25, -0.2) is 0 Å². The van der Waals surface area contributed by atoms with Gasteiger partial charge in [-0.15, -0.1) is 0 Å². The smallest absolute Gasteiger partial charge is 0.298 e. The van der Waals surface area contributed by atoms with Gasteiger partial charge in [-0.2, -0.15) is 4.98 Å². The lowest BCUT2D eigenvalue weighted by atomic mass is 9.94. The largest absolute Gasteiger partial charge is 0.423 e. The first-order chi connectivity index (χ1) is 16.2. The first-order valence-electron chi connectivity index (χ1n) is 12.3. The predicted octanol–water partition coefficient (Wildman–Crippen LogP) is 4.63. The minimum Gasteiger partial charge on any atom is -0.423 e. The summed E-state index contributed by atoms with van der Waals surface area (Å²) in [5.74, 6) is 1.01. The summed E-state index contributed by atoms with van der Waals surface area (Å²) in [4.78, 5) is 22.4. The van der Waals surface area contributed by atoms with Crippen LogP contribution in [0.1, 0.15) is 44.2 Å². The van der Waals surface area contributed by atoms with E-state index in [0.29, 0.717) is 12.6 Å². The van der Waals surface area contributed by atoms with E-state index < -0.39 is 0 Å². The normalized spacial score (nSPS) is 19.6. The van der Waals surface area contributed by atoms with Gasteiger partial charge >= 0.3 is 0 Å². The van der Waals surface area contributed by atoms with Crippen LogP contribution in [0.25, 0.3) is 11.1 Å². The molecule has 1 N–H and O–H groups in total. The van der Waals surface area contributed by atoms with E-state index in [-0.39, 0.29) is 17.9 Å². The average molecular weight is 447 g/mol. The molecule has 0 aliphatic carbocycles. The highest BCUT2D eigenvalue weighted by atomic mass is 16.4. The predicted molar refractivity (Wildman–Crippen MR) is 131 cm³/mol. The number of oxazole rings is 1. The molecule has 2 saturated heterocycles. The molecule has 0 bridgehead atoms. The average Bonchev–Trinajstić information content (AvgIpc) is 3.30. The van der Waals surface area contributed by atoms with Crippen LogP contribution in [0, 0.1) is 11.8 Å². The fourth-order valence-corrected chi connectivity index (χ4v) is 5.14. The number of carbonyl (C=O) groups is 1. The third kappa shape index (κ3) is 5.06. The van der Waals surface area contributed by atoms with Crippen molar-refractivity contribution in [3.8, 4) is 0 Å². The lowest BCUT2D eigenvalue weighted by Gasteiger charge is -2.37. The lowest BCUT2D eigenvalue weighted by Crippen LogP contribution is -2.45. The van der Waals surface area contributed by atoms with Crippen LogP contribution in [-0.4, -0.2) is 48.5 Å². The zero-order valence-corrected chi connectivity index (χ0v) is 19.5. The lowest BCUT2D eigenvalue weighted by molar-refractivity contribution is -0.125. The zero-order valence-electron chi connectivity index (χ0n) is 19.5. The number of nitrogens with zero attached hydrogens (tertiary/aromatic N) is 3. The quantitative estimate of drug-likeness (QED) is 0.598. The summed E-state index contributed by atoms with van der Waals surface area (Å²) in [6.07, 6.45) is 4.10. The molecule has 2 fully saturated rings. The third-order valence-corrected chi connectivity index (χ3v) is 7.33. The van der Waals surface area contributed by atoms with Gasteiger partial charge in [0.25, 0.3) is 6.01 Å². The Balaban J connectivity index is 1.17. The standard InChI is InChI=1S/C27H34N4O2/c1-20-11-15-30(16-12-20)24(21-7-3-2-4-8-21)19-28-26(32)22-13-17-31(18-14-22)27-29-23-9-5-6-10-25(23)33-27/h2-10,20,22,24H,11-19H2,1H3,(H,28,32). The Labute approximate surface area is 196 Å². The van der Waals surface area contributed by atoms with Crippen LogP contribution in [-0.2, 0) is 4.79 Å². The molecule has 174 valence electrons. The van der Waals surface area contributed by atoms with Crippen LogP contribution in [0.3, 0.4) is 0 Å². The number of hydrogen-bond acceptors (Lipinski definition) is 5. The first kappa shape index (κ1) is 22.0. The Kier molecular flexibility index (Phi) is 6.63. The zero-order chi connectivity index (χ0) is 22.6. The van der Waals surface area contributed by atoms with E-state index in [2.05, 4.69) is 57.4 Å². The number of likely N-dealkylation sites (tertiary alicyclic amines) is 1. The second kappa shape index (κ2) is 9.96. The number of para-hydroxylation sites is 2. The van der Waals surface area contributed by atoms with Crippen molar-refractivity contribution in [2.45, 2.75) is 38.6 Å². The van der Waals surface area contributed by atoms with E-state index in [1.165, 1.54) is 18.4 Å². The van der Waals surface area contributed by atoms with E-state index >= 15 is 0 Å². The van der Waals surface area contributed by atoms with E-state index in [1.807, 2.05) is 24.3 Å². The van der Waals surface area contributed by atoms with Crippen LogP contribution in [0.2, 0.25) is 0 Å². The Morgan fingerprint density at radius 3 is 2.42 bits per heavy atom. The van der Waals surface area contributed by atoms with Crippen molar-refractivity contribution in [3.05, 3.63) is 60.2 Å². The Hall–Kier alpha value is -2.86. The summed E-state index contributed by atoms with van der Waals surface area (Å²) in [5.41, 5.74) is 2.98. The minimum atomic E-state index is 0.0448. The molecule has 2 aliphatic rings. The first-order valence-corrected chi connectivity index (χ1v) is 12.3. The molecule has 0 saturated carbocycles. The maximum atomic E-state index is 13.1. The van der Waals surface area contributed by atoms with Gasteiger partial charge in [0, 0.05) is 25.6 Å². The highest BCUT2D eigenvalue weighted by Gasteiger charge is 2.29. The highest BCUT2D eigenvalue weighted by Crippen LogP contribution is 2.28. The third-order valence-electron chi connectivity index (χ3n) is 7.33. The number of carbonyl (C=O) groups excluding carboxylic acids is 1. The van der Waals surface area contributed by atoms with Gasteiger partial charge in [-0.1, -0.05) is 49.4 Å². The fourth-order valence-electron chi connectivity index (χ4n) is 5.14. The van der Waals surface area contributed by atoms with Gasteiger partial charge in [0.2, 0.25) is 5.91 Å². The molecule has 0 spiro atoms. The summed E-state index contributed by atoms with van der Waals surface area (Å²) in [6, 6.07) is 19.4. The molecule has 5 rings (SSSR count). The van der Waals surface area contributed by atoms with Crippen molar-refractivity contribution >= 4 is 23.0 Å². The Morgan fingerprint density at radius 2 is 1.70 bits per heavy atom. The van der Waals surface area contributed by atoms with Crippen molar-refractivity contribution in [2.75, 3.05) is 37.6 Å². The molecule has 6 heteroatoms. The molecule has 1 atom stereocenters. The molecule has 1 aromatic heterocycles. The molecule has 1 unspecified atom stereocenters. The van der Waals surface area contributed by atoms with Crippen molar-refractivity contribution in [2.24, 2.45) is 11.8 Å². The number of anilines is 1. The number of hydrogen-bond donors (Lipinski definition) is 1. The molecule has 6 nitrogen and oxygen atoms in total. The number of amides is 1. The van der Waals surface area contributed by atoms with Crippen molar-refractivity contribution < 1.29 is 9.21 Å². The SMILES string of the molecule is CC1CCN(C(CNC(=O)C2CCN(c3nc4ccccc4o3)CC2)c2ccccc2)CC1. The van der Waals surface area contributed by atoms with E-state index in [0.717, 1.165) is 56.0 Å². The molecular formula is C27H34N4O2. The van der Waals surface area contributed by atoms with Crippen LogP contribution in [0.4, 0.5) is 6.01 Å².